The van der Waals surface area contributed by atoms with Gasteiger partial charge in [-0.1, -0.05) is 25.4 Å². The Kier molecular flexibility index (Phi) is 12.5. The van der Waals surface area contributed by atoms with Crippen molar-refractivity contribution in [2.75, 3.05) is 6.54 Å². The quantitative estimate of drug-likeness (QED) is 0.217. The second-order valence-electron chi connectivity index (χ2n) is 7.63. The summed E-state index contributed by atoms with van der Waals surface area (Å²) in [5.74, 6) is -0.672. The molecule has 158 valence electrons. The van der Waals surface area contributed by atoms with Gasteiger partial charge < -0.3 is 21.0 Å². The topological polar surface area (TPSA) is 90.9 Å². The molecule has 0 aliphatic heterocycles. The van der Waals surface area contributed by atoms with Gasteiger partial charge in [0.05, 0.1) is 5.41 Å². The van der Waals surface area contributed by atoms with Crippen molar-refractivity contribution < 1.29 is 59.6 Å². The number of alkyl carbamates (subject to hydrolysis) is 1. The molecule has 0 saturated heterocycles. The van der Waals surface area contributed by atoms with Gasteiger partial charge in [0.25, 0.3) is 6.29 Å². The standard InChI is InChI=1S/C20H28ClNO6.Na.H/c1-13(2)17(27-18(24)20(3,4)5)28-19(25)22-12-6-7-16(23)26-15-10-8-14(21)9-11-15;;/h8-11,13,17H,6-7,12H2,1-5H3,(H,22,25);;/q;+1;-1. The number of halogens is 1. The summed E-state index contributed by atoms with van der Waals surface area (Å²) in [5, 5.41) is 3.08. The second-order valence-corrected chi connectivity index (χ2v) is 8.07. The third kappa shape index (κ3) is 11.5. The minimum absolute atomic E-state index is 0. The van der Waals surface area contributed by atoms with Crippen LogP contribution in [-0.4, -0.2) is 30.9 Å². The molecule has 1 aromatic rings. The van der Waals surface area contributed by atoms with Gasteiger partial charge in [-0.3, -0.25) is 9.59 Å². The van der Waals surface area contributed by atoms with Gasteiger partial charge >= 0.3 is 47.6 Å². The first-order valence-corrected chi connectivity index (χ1v) is 9.48. The molecule has 0 spiro atoms. The number of amides is 1. The van der Waals surface area contributed by atoms with Gasteiger partial charge in [0.1, 0.15) is 5.75 Å². The molecule has 0 radical (unpaired) electrons. The third-order valence-electron chi connectivity index (χ3n) is 3.48. The molecule has 0 aromatic heterocycles. The van der Waals surface area contributed by atoms with Gasteiger partial charge in [0.15, 0.2) is 0 Å². The predicted molar refractivity (Wildman–Crippen MR) is 106 cm³/mol. The molecule has 0 bridgehead atoms. The number of nitrogens with one attached hydrogen (secondary N) is 1. The van der Waals surface area contributed by atoms with E-state index in [2.05, 4.69) is 5.32 Å². The van der Waals surface area contributed by atoms with Crippen LogP contribution in [0.15, 0.2) is 24.3 Å². The molecule has 29 heavy (non-hydrogen) atoms. The minimum atomic E-state index is -0.985. The molecule has 7 nitrogen and oxygen atoms in total. The van der Waals surface area contributed by atoms with Crippen LogP contribution >= 0.6 is 11.6 Å². The summed E-state index contributed by atoms with van der Waals surface area (Å²) in [6.45, 7) is 8.93. The average Bonchev–Trinajstić information content (AvgIpc) is 2.59. The summed E-state index contributed by atoms with van der Waals surface area (Å²) in [4.78, 5) is 35.6. The fraction of sp³-hybridized carbons (Fsp3) is 0.550. The van der Waals surface area contributed by atoms with Crippen molar-refractivity contribution >= 4 is 29.6 Å². The summed E-state index contributed by atoms with van der Waals surface area (Å²) in [6, 6.07) is 6.44. The zero-order chi connectivity index (χ0) is 21.3. The predicted octanol–water partition coefficient (Wildman–Crippen LogP) is 1.44. The Labute approximate surface area is 200 Å². The average molecular weight is 438 g/mol. The van der Waals surface area contributed by atoms with Gasteiger partial charge in [-0.05, 0) is 51.5 Å². The second kappa shape index (κ2) is 13.1. The van der Waals surface area contributed by atoms with E-state index in [1.54, 1.807) is 58.9 Å². The van der Waals surface area contributed by atoms with E-state index < -0.39 is 29.7 Å². The smallest absolute Gasteiger partial charge is 1.00 e. The first-order valence-electron chi connectivity index (χ1n) is 9.11. The Hall–Kier alpha value is -1.28. The Bertz CT molecular complexity index is 679. The van der Waals surface area contributed by atoms with Gasteiger partial charge in [0.2, 0.25) is 0 Å². The van der Waals surface area contributed by atoms with Crippen LogP contribution in [0.5, 0.6) is 5.75 Å². The summed E-state index contributed by atoms with van der Waals surface area (Å²) in [7, 11) is 0. The van der Waals surface area contributed by atoms with E-state index in [4.69, 9.17) is 25.8 Å². The minimum Gasteiger partial charge on any atom is -1.00 e. The van der Waals surface area contributed by atoms with E-state index in [1.165, 1.54) is 0 Å². The number of rotatable bonds is 8. The maximum absolute atomic E-state index is 12.0. The first-order chi connectivity index (χ1) is 13.0. The fourth-order valence-electron chi connectivity index (χ4n) is 1.83. The molecule has 0 heterocycles. The molecule has 0 fully saturated rings. The molecule has 0 aliphatic carbocycles. The molecule has 9 heteroatoms. The number of ether oxygens (including phenoxy) is 3. The van der Waals surface area contributed by atoms with Crippen molar-refractivity contribution in [1.82, 2.24) is 5.32 Å². The molecule has 0 saturated carbocycles. The molecule has 1 unspecified atom stereocenters. The van der Waals surface area contributed by atoms with E-state index in [-0.39, 0.29) is 49.9 Å². The van der Waals surface area contributed by atoms with Crippen molar-refractivity contribution in [3.05, 3.63) is 29.3 Å². The zero-order valence-electron chi connectivity index (χ0n) is 18.9. The summed E-state index contributed by atoms with van der Waals surface area (Å²) in [6.07, 6.45) is -1.21. The van der Waals surface area contributed by atoms with Crippen LogP contribution in [-0.2, 0) is 19.1 Å². The van der Waals surface area contributed by atoms with Crippen LogP contribution in [0.2, 0.25) is 5.02 Å². The van der Waals surface area contributed by atoms with E-state index in [0.29, 0.717) is 17.2 Å². The maximum Gasteiger partial charge on any atom is 1.00 e. The molecule has 1 amide bonds. The normalized spacial score (nSPS) is 11.8. The van der Waals surface area contributed by atoms with E-state index >= 15 is 0 Å². The SMILES string of the molecule is CC(C)C(OC(=O)NCCCC(=O)Oc1ccc(Cl)cc1)OC(=O)C(C)(C)C.[H-].[Na+]. The van der Waals surface area contributed by atoms with Crippen LogP contribution in [0.3, 0.4) is 0 Å². The largest absolute Gasteiger partial charge is 1.00 e. The Balaban J connectivity index is 0. The number of hydrogen-bond acceptors (Lipinski definition) is 6. The maximum atomic E-state index is 12.0. The molecule has 1 atom stereocenters. The van der Waals surface area contributed by atoms with E-state index in [9.17, 15) is 14.4 Å². The Morgan fingerprint density at radius 2 is 1.69 bits per heavy atom. The summed E-state index contributed by atoms with van der Waals surface area (Å²) in [5.41, 5.74) is -0.697. The van der Waals surface area contributed by atoms with Crippen LogP contribution < -0.4 is 39.6 Å². The van der Waals surface area contributed by atoms with Crippen molar-refractivity contribution in [3.63, 3.8) is 0 Å². The number of carbonyl (C=O) groups excluding carboxylic acids is 3. The van der Waals surface area contributed by atoms with E-state index in [0.717, 1.165) is 0 Å². The monoisotopic (exact) mass is 437 g/mol. The van der Waals surface area contributed by atoms with Crippen molar-refractivity contribution in [1.29, 1.82) is 0 Å². The number of benzene rings is 1. The number of hydrogen-bond donors (Lipinski definition) is 1. The van der Waals surface area contributed by atoms with Crippen LogP contribution in [0.25, 0.3) is 0 Å². The zero-order valence-corrected chi connectivity index (χ0v) is 20.7. The molecule has 0 aliphatic rings. The van der Waals surface area contributed by atoms with Gasteiger partial charge in [-0.15, -0.1) is 0 Å². The summed E-state index contributed by atoms with van der Waals surface area (Å²) < 4.78 is 15.6. The molecular weight excluding hydrogens is 409 g/mol. The molecule has 1 N–H and O–H groups in total. The molecule has 1 aromatic carbocycles. The first kappa shape index (κ1) is 27.7. The fourth-order valence-corrected chi connectivity index (χ4v) is 1.96. The van der Waals surface area contributed by atoms with Crippen molar-refractivity contribution in [3.8, 4) is 5.75 Å². The number of carbonyl (C=O) groups is 3. The van der Waals surface area contributed by atoms with Gasteiger partial charge in [-0.2, -0.15) is 0 Å². The third-order valence-corrected chi connectivity index (χ3v) is 3.73. The van der Waals surface area contributed by atoms with Crippen molar-refractivity contribution in [2.45, 2.75) is 53.8 Å². The summed E-state index contributed by atoms with van der Waals surface area (Å²) >= 11 is 5.77. The molecule has 1 rings (SSSR count). The van der Waals surface area contributed by atoms with Crippen LogP contribution in [0.1, 0.15) is 48.9 Å². The van der Waals surface area contributed by atoms with Crippen LogP contribution in [0, 0.1) is 11.3 Å². The number of esters is 2. The Morgan fingerprint density at radius 3 is 2.21 bits per heavy atom. The van der Waals surface area contributed by atoms with E-state index in [1.807, 2.05) is 0 Å². The van der Waals surface area contributed by atoms with Crippen molar-refractivity contribution in [2.24, 2.45) is 11.3 Å². The van der Waals surface area contributed by atoms with Gasteiger partial charge in [0, 0.05) is 23.9 Å². The van der Waals surface area contributed by atoms with Gasteiger partial charge in [-0.25, -0.2) is 4.79 Å². The van der Waals surface area contributed by atoms with Crippen LogP contribution in [0.4, 0.5) is 4.79 Å². The Morgan fingerprint density at radius 1 is 1.10 bits per heavy atom. The molecular formula is C20H29ClNNaO6.